The van der Waals surface area contributed by atoms with Gasteiger partial charge in [-0.2, -0.15) is 0 Å². The zero-order chi connectivity index (χ0) is 22.3. The summed E-state index contributed by atoms with van der Waals surface area (Å²) in [4.78, 5) is 7.01. The number of aryl methyl sites for hydroxylation is 3. The number of aromatic nitrogens is 1. The van der Waals surface area contributed by atoms with Crippen molar-refractivity contribution in [3.8, 4) is 11.3 Å². The molecular formula is C23H24ClFN2O2S2. The number of halogens is 2. The van der Waals surface area contributed by atoms with Crippen LogP contribution in [0.1, 0.15) is 29.5 Å². The monoisotopic (exact) mass is 478 g/mol. The molecule has 31 heavy (non-hydrogen) atoms. The Morgan fingerprint density at radius 3 is 2.35 bits per heavy atom. The van der Waals surface area contributed by atoms with Crippen molar-refractivity contribution in [3.63, 3.8) is 0 Å². The van der Waals surface area contributed by atoms with Gasteiger partial charge in [-0.3, -0.25) is 0 Å². The van der Waals surface area contributed by atoms with Crippen molar-refractivity contribution in [1.29, 1.82) is 0 Å². The molecule has 0 bridgehead atoms. The Balaban J connectivity index is 1.50. The summed E-state index contributed by atoms with van der Waals surface area (Å²) >= 11 is 7.60. The van der Waals surface area contributed by atoms with Gasteiger partial charge in [0.2, 0.25) is 0 Å². The molecule has 164 valence electrons. The fraction of sp³-hybridized carbons (Fsp3) is 0.348. The molecule has 1 aliphatic heterocycles. The summed E-state index contributed by atoms with van der Waals surface area (Å²) in [6.07, 6.45) is 0.959. The Labute approximate surface area is 191 Å². The molecule has 1 fully saturated rings. The van der Waals surface area contributed by atoms with Gasteiger partial charge in [0, 0.05) is 24.0 Å². The average molecular weight is 479 g/mol. The van der Waals surface area contributed by atoms with Gasteiger partial charge < -0.3 is 4.90 Å². The van der Waals surface area contributed by atoms with Crippen LogP contribution in [0.2, 0.25) is 5.02 Å². The summed E-state index contributed by atoms with van der Waals surface area (Å²) < 4.78 is 39.4. The van der Waals surface area contributed by atoms with Crippen molar-refractivity contribution in [1.82, 2.24) is 4.98 Å². The zero-order valence-electron chi connectivity index (χ0n) is 17.7. The van der Waals surface area contributed by atoms with E-state index in [1.165, 1.54) is 22.8 Å². The molecule has 1 saturated heterocycles. The first kappa shape index (κ1) is 22.2. The molecule has 1 aliphatic rings. The molecule has 0 N–H and O–H groups in total. The van der Waals surface area contributed by atoms with Gasteiger partial charge in [-0.15, -0.1) is 11.3 Å². The lowest BCUT2D eigenvalue weighted by Crippen LogP contribution is -2.39. The smallest absolute Gasteiger partial charge is 0.185 e. The summed E-state index contributed by atoms with van der Waals surface area (Å²) in [6.45, 7) is 7.49. The Hall–Kier alpha value is -1.96. The van der Waals surface area contributed by atoms with E-state index in [2.05, 4.69) is 43.2 Å². The number of benzene rings is 2. The lowest BCUT2D eigenvalue weighted by molar-refractivity contribution is 0.529. The number of hydrogen-bond donors (Lipinski definition) is 0. The van der Waals surface area contributed by atoms with Crippen LogP contribution in [0.5, 0.6) is 0 Å². The standard InChI is InChI=1S/C23H24ClFN2O2S2/c1-14-10-15(2)22(16(3)11-14)20-13-30-23(26-20)27-8-6-18(7-9-27)31(28,29)21-5-4-17(25)12-19(21)24/h4-5,10-13,18H,6-9H2,1-3H3. The normalized spacial score (nSPS) is 15.5. The number of rotatable bonds is 4. The van der Waals surface area contributed by atoms with Gasteiger partial charge in [-0.25, -0.2) is 17.8 Å². The van der Waals surface area contributed by atoms with Crippen LogP contribution in [0.3, 0.4) is 0 Å². The van der Waals surface area contributed by atoms with E-state index in [0.717, 1.165) is 28.5 Å². The largest absolute Gasteiger partial charge is 0.348 e. The van der Waals surface area contributed by atoms with Gasteiger partial charge in [0.15, 0.2) is 15.0 Å². The number of piperidine rings is 1. The molecule has 8 heteroatoms. The number of sulfone groups is 1. The van der Waals surface area contributed by atoms with Crippen LogP contribution in [0.25, 0.3) is 11.3 Å². The fourth-order valence-corrected chi connectivity index (χ4v) is 7.49. The number of nitrogens with zero attached hydrogens (tertiary/aromatic N) is 2. The third-order valence-electron chi connectivity index (χ3n) is 5.78. The summed E-state index contributed by atoms with van der Waals surface area (Å²) in [5.41, 5.74) is 5.77. The molecule has 0 radical (unpaired) electrons. The maximum atomic E-state index is 13.3. The summed E-state index contributed by atoms with van der Waals surface area (Å²) in [5.74, 6) is -0.544. The van der Waals surface area contributed by atoms with E-state index < -0.39 is 20.9 Å². The van der Waals surface area contributed by atoms with Crippen LogP contribution in [0.15, 0.2) is 40.6 Å². The van der Waals surface area contributed by atoms with Gasteiger partial charge in [-0.05, 0) is 62.9 Å². The molecule has 0 saturated carbocycles. The second-order valence-corrected chi connectivity index (χ2v) is 11.5. The van der Waals surface area contributed by atoms with Crippen LogP contribution in [-0.2, 0) is 9.84 Å². The Kier molecular flexibility index (Phi) is 6.12. The Morgan fingerprint density at radius 1 is 1.10 bits per heavy atom. The first-order chi connectivity index (χ1) is 14.7. The van der Waals surface area contributed by atoms with E-state index in [9.17, 15) is 12.8 Å². The molecule has 3 aromatic rings. The van der Waals surface area contributed by atoms with Gasteiger partial charge in [0.05, 0.1) is 20.9 Å². The van der Waals surface area contributed by atoms with Gasteiger partial charge in [0.25, 0.3) is 0 Å². The predicted octanol–water partition coefficient (Wildman–Crippen LogP) is 5.97. The third-order valence-corrected chi connectivity index (χ3v) is 9.42. The minimum atomic E-state index is -3.61. The quantitative estimate of drug-likeness (QED) is 0.433. The van der Waals surface area contributed by atoms with Crippen LogP contribution in [0, 0.1) is 26.6 Å². The second-order valence-electron chi connectivity index (χ2n) is 8.10. The maximum absolute atomic E-state index is 13.3. The minimum Gasteiger partial charge on any atom is -0.348 e. The van der Waals surface area contributed by atoms with Crippen molar-refractivity contribution in [2.24, 2.45) is 0 Å². The van der Waals surface area contributed by atoms with E-state index in [1.807, 2.05) is 0 Å². The summed E-state index contributed by atoms with van der Waals surface area (Å²) in [7, 11) is -3.61. The van der Waals surface area contributed by atoms with E-state index in [0.29, 0.717) is 25.9 Å². The molecule has 2 heterocycles. The minimum absolute atomic E-state index is 0.0101. The molecule has 0 atom stereocenters. The highest BCUT2D eigenvalue weighted by molar-refractivity contribution is 7.92. The van der Waals surface area contributed by atoms with Crippen LogP contribution in [0.4, 0.5) is 9.52 Å². The lowest BCUT2D eigenvalue weighted by atomic mass is 9.98. The second kappa shape index (κ2) is 8.52. The molecule has 0 spiro atoms. The first-order valence-electron chi connectivity index (χ1n) is 10.1. The molecule has 2 aromatic carbocycles. The molecule has 4 nitrogen and oxygen atoms in total. The SMILES string of the molecule is Cc1cc(C)c(-c2csc(N3CCC(S(=O)(=O)c4ccc(F)cc4Cl)CC3)n2)c(C)c1. The van der Waals surface area contributed by atoms with Crippen LogP contribution < -0.4 is 4.90 Å². The molecule has 1 aromatic heterocycles. The third kappa shape index (κ3) is 4.36. The van der Waals surface area contributed by atoms with Crippen molar-refractivity contribution < 1.29 is 12.8 Å². The van der Waals surface area contributed by atoms with E-state index in [4.69, 9.17) is 16.6 Å². The highest BCUT2D eigenvalue weighted by Gasteiger charge is 2.33. The van der Waals surface area contributed by atoms with Crippen molar-refractivity contribution in [2.45, 2.75) is 43.8 Å². The number of thiazole rings is 1. The van der Waals surface area contributed by atoms with Crippen molar-refractivity contribution in [3.05, 3.63) is 63.2 Å². The fourth-order valence-electron chi connectivity index (χ4n) is 4.35. The van der Waals surface area contributed by atoms with Gasteiger partial charge in [0.1, 0.15) is 5.82 Å². The topological polar surface area (TPSA) is 50.3 Å². The van der Waals surface area contributed by atoms with Gasteiger partial charge >= 0.3 is 0 Å². The first-order valence-corrected chi connectivity index (χ1v) is 12.9. The molecule has 4 rings (SSSR count). The average Bonchev–Trinajstić information content (AvgIpc) is 3.16. The summed E-state index contributed by atoms with van der Waals surface area (Å²) in [6, 6.07) is 7.78. The maximum Gasteiger partial charge on any atom is 0.185 e. The van der Waals surface area contributed by atoms with Crippen molar-refractivity contribution in [2.75, 3.05) is 18.0 Å². The van der Waals surface area contributed by atoms with Gasteiger partial charge in [-0.1, -0.05) is 29.3 Å². The van der Waals surface area contributed by atoms with E-state index in [1.54, 1.807) is 11.3 Å². The molecule has 0 amide bonds. The predicted molar refractivity (Wildman–Crippen MR) is 126 cm³/mol. The van der Waals surface area contributed by atoms with E-state index in [-0.39, 0.29) is 9.92 Å². The van der Waals surface area contributed by atoms with Crippen LogP contribution in [-0.4, -0.2) is 31.7 Å². The highest BCUT2D eigenvalue weighted by Crippen LogP contribution is 2.35. The lowest BCUT2D eigenvalue weighted by Gasteiger charge is -2.31. The Morgan fingerprint density at radius 2 is 1.74 bits per heavy atom. The van der Waals surface area contributed by atoms with Crippen LogP contribution >= 0.6 is 22.9 Å². The zero-order valence-corrected chi connectivity index (χ0v) is 20.0. The highest BCUT2D eigenvalue weighted by atomic mass is 35.5. The number of anilines is 1. The molecular weight excluding hydrogens is 455 g/mol. The summed E-state index contributed by atoms with van der Waals surface area (Å²) in [5, 5.41) is 2.38. The molecule has 0 unspecified atom stereocenters. The number of hydrogen-bond acceptors (Lipinski definition) is 5. The van der Waals surface area contributed by atoms with E-state index >= 15 is 0 Å². The van der Waals surface area contributed by atoms with Crippen molar-refractivity contribution >= 4 is 37.9 Å². The Bertz CT molecular complexity index is 1210. The molecule has 0 aliphatic carbocycles.